The number of nitrogens with one attached hydrogen (secondary N) is 1. The van der Waals surface area contributed by atoms with Crippen molar-refractivity contribution in [3.63, 3.8) is 0 Å². The second kappa shape index (κ2) is 6.17. The maximum atomic E-state index is 5.50. The van der Waals surface area contributed by atoms with Crippen LogP contribution in [-0.4, -0.2) is 29.5 Å². The molecule has 0 spiro atoms. The van der Waals surface area contributed by atoms with E-state index in [4.69, 9.17) is 4.74 Å². The van der Waals surface area contributed by atoms with Gasteiger partial charge in [-0.2, -0.15) is 5.10 Å². The van der Waals surface area contributed by atoms with E-state index in [1.54, 1.807) is 0 Å². The van der Waals surface area contributed by atoms with Gasteiger partial charge in [0.2, 0.25) is 0 Å². The van der Waals surface area contributed by atoms with Gasteiger partial charge in [0, 0.05) is 24.4 Å². The summed E-state index contributed by atoms with van der Waals surface area (Å²) in [4.78, 5) is 0. The molecule has 1 fully saturated rings. The molecule has 1 aromatic heterocycles. The molecule has 0 saturated carbocycles. The fraction of sp³-hybridized carbons (Fsp3) is 0.769. The van der Waals surface area contributed by atoms with Gasteiger partial charge >= 0.3 is 0 Å². The highest BCUT2D eigenvalue weighted by molar-refractivity contribution is 5.10. The molecule has 0 aliphatic carbocycles. The van der Waals surface area contributed by atoms with Crippen molar-refractivity contribution >= 4 is 0 Å². The summed E-state index contributed by atoms with van der Waals surface area (Å²) in [5.74, 6) is 0. The van der Waals surface area contributed by atoms with E-state index in [0.717, 1.165) is 32.6 Å². The average Bonchev–Trinajstić information content (AvgIpc) is 2.86. The van der Waals surface area contributed by atoms with Crippen molar-refractivity contribution < 1.29 is 4.74 Å². The van der Waals surface area contributed by atoms with Gasteiger partial charge in [-0.3, -0.25) is 4.68 Å². The zero-order chi connectivity index (χ0) is 12.1. The summed E-state index contributed by atoms with van der Waals surface area (Å²) in [5.41, 5.74) is 1.29. The smallest absolute Gasteiger partial charge is 0.0753 e. The Morgan fingerprint density at radius 3 is 3.12 bits per heavy atom. The van der Waals surface area contributed by atoms with Crippen molar-refractivity contribution in [1.82, 2.24) is 15.1 Å². The molecular formula is C13H23N3O. The molecule has 2 unspecified atom stereocenters. The van der Waals surface area contributed by atoms with Crippen LogP contribution in [0.3, 0.4) is 0 Å². The first-order valence-corrected chi connectivity index (χ1v) is 6.70. The van der Waals surface area contributed by atoms with Gasteiger partial charge in [-0.1, -0.05) is 13.8 Å². The fourth-order valence-electron chi connectivity index (χ4n) is 2.41. The molecule has 96 valence electrons. The topological polar surface area (TPSA) is 39.1 Å². The third kappa shape index (κ3) is 3.07. The molecule has 2 heterocycles. The summed E-state index contributed by atoms with van der Waals surface area (Å²) < 4.78 is 7.58. The average molecular weight is 237 g/mol. The Labute approximate surface area is 103 Å². The van der Waals surface area contributed by atoms with E-state index in [1.165, 1.54) is 12.0 Å². The number of hydrogen-bond donors (Lipinski definition) is 1. The molecule has 1 saturated heterocycles. The zero-order valence-corrected chi connectivity index (χ0v) is 10.9. The summed E-state index contributed by atoms with van der Waals surface area (Å²) in [7, 11) is 0. The van der Waals surface area contributed by atoms with Crippen LogP contribution in [0.15, 0.2) is 12.4 Å². The van der Waals surface area contributed by atoms with Crippen LogP contribution in [0, 0.1) is 0 Å². The Hall–Kier alpha value is -0.870. The lowest BCUT2D eigenvalue weighted by atomic mass is 10.1. The van der Waals surface area contributed by atoms with Crippen molar-refractivity contribution in [2.24, 2.45) is 0 Å². The maximum Gasteiger partial charge on any atom is 0.0753 e. The van der Waals surface area contributed by atoms with Crippen LogP contribution in [0.4, 0.5) is 0 Å². The van der Waals surface area contributed by atoms with Crippen LogP contribution in [0.25, 0.3) is 0 Å². The van der Waals surface area contributed by atoms with Crippen molar-refractivity contribution in [1.29, 1.82) is 0 Å². The first kappa shape index (κ1) is 12.6. The molecule has 2 atom stereocenters. The Morgan fingerprint density at radius 2 is 2.47 bits per heavy atom. The van der Waals surface area contributed by atoms with Gasteiger partial charge in [-0.05, 0) is 25.8 Å². The first-order valence-electron chi connectivity index (χ1n) is 6.70. The van der Waals surface area contributed by atoms with Gasteiger partial charge in [0.15, 0.2) is 0 Å². The molecule has 0 amide bonds. The van der Waals surface area contributed by atoms with Crippen LogP contribution < -0.4 is 5.32 Å². The predicted molar refractivity (Wildman–Crippen MR) is 68.0 cm³/mol. The van der Waals surface area contributed by atoms with Crippen LogP contribution in [0.2, 0.25) is 0 Å². The molecule has 1 N–H and O–H groups in total. The summed E-state index contributed by atoms with van der Waals surface area (Å²) in [6.45, 7) is 7.05. The Bertz CT molecular complexity index is 312. The number of nitrogens with zero attached hydrogens (tertiary/aromatic N) is 2. The van der Waals surface area contributed by atoms with E-state index >= 15 is 0 Å². The molecular weight excluding hydrogens is 214 g/mol. The summed E-state index contributed by atoms with van der Waals surface area (Å²) in [6.07, 6.45) is 7.59. The summed E-state index contributed by atoms with van der Waals surface area (Å²) in [5, 5.41) is 7.97. The number of rotatable bonds is 5. The van der Waals surface area contributed by atoms with E-state index in [-0.39, 0.29) is 0 Å². The van der Waals surface area contributed by atoms with Crippen molar-refractivity contribution in [2.75, 3.05) is 19.8 Å². The molecule has 0 aromatic carbocycles. The highest BCUT2D eigenvalue weighted by Gasteiger charge is 2.18. The number of hydrogen-bond acceptors (Lipinski definition) is 3. The van der Waals surface area contributed by atoms with Crippen LogP contribution in [0.1, 0.15) is 50.8 Å². The van der Waals surface area contributed by atoms with Gasteiger partial charge < -0.3 is 10.1 Å². The maximum absolute atomic E-state index is 5.50. The third-order valence-electron chi connectivity index (χ3n) is 3.39. The molecule has 2 rings (SSSR count). The van der Waals surface area contributed by atoms with Gasteiger partial charge in [0.05, 0.1) is 18.8 Å². The highest BCUT2D eigenvalue weighted by Crippen LogP contribution is 2.22. The molecule has 4 nitrogen and oxygen atoms in total. The lowest BCUT2D eigenvalue weighted by molar-refractivity contribution is 0.0549. The third-order valence-corrected chi connectivity index (χ3v) is 3.39. The van der Waals surface area contributed by atoms with Gasteiger partial charge in [-0.15, -0.1) is 0 Å². The van der Waals surface area contributed by atoms with Crippen LogP contribution >= 0.6 is 0 Å². The quantitative estimate of drug-likeness (QED) is 0.854. The Morgan fingerprint density at radius 1 is 1.59 bits per heavy atom. The number of ether oxygens (including phenoxy) is 1. The molecule has 0 radical (unpaired) electrons. The normalized spacial score (nSPS) is 22.6. The van der Waals surface area contributed by atoms with E-state index in [0.29, 0.717) is 12.1 Å². The van der Waals surface area contributed by atoms with Crippen molar-refractivity contribution in [3.8, 4) is 0 Å². The summed E-state index contributed by atoms with van der Waals surface area (Å²) in [6, 6.07) is 0.856. The van der Waals surface area contributed by atoms with E-state index < -0.39 is 0 Å². The van der Waals surface area contributed by atoms with Crippen molar-refractivity contribution in [2.45, 2.75) is 45.2 Å². The second-order valence-corrected chi connectivity index (χ2v) is 4.64. The predicted octanol–water partition coefficient (Wildman–Crippen LogP) is 2.30. The minimum absolute atomic E-state index is 0.427. The summed E-state index contributed by atoms with van der Waals surface area (Å²) >= 11 is 0. The van der Waals surface area contributed by atoms with E-state index in [2.05, 4.69) is 35.1 Å². The molecule has 4 heteroatoms. The molecule has 1 aliphatic rings. The van der Waals surface area contributed by atoms with Gasteiger partial charge in [-0.25, -0.2) is 0 Å². The highest BCUT2D eigenvalue weighted by atomic mass is 16.5. The standard InChI is InChI=1S/C13H23N3O/c1-3-13(14-4-2)11-8-15-16(9-11)12-6-5-7-17-10-12/h8-9,12-14H,3-7,10H2,1-2H3. The minimum atomic E-state index is 0.427. The van der Waals surface area contributed by atoms with Crippen LogP contribution in [-0.2, 0) is 4.74 Å². The van der Waals surface area contributed by atoms with Gasteiger partial charge in [0.1, 0.15) is 0 Å². The molecule has 1 aliphatic heterocycles. The van der Waals surface area contributed by atoms with Gasteiger partial charge in [0.25, 0.3) is 0 Å². The fourth-order valence-corrected chi connectivity index (χ4v) is 2.41. The SMILES string of the molecule is CCNC(CC)c1cnn(C2CCCOC2)c1. The van der Waals surface area contributed by atoms with Crippen molar-refractivity contribution in [3.05, 3.63) is 18.0 Å². The Kier molecular flexibility index (Phi) is 4.57. The second-order valence-electron chi connectivity index (χ2n) is 4.64. The minimum Gasteiger partial charge on any atom is -0.379 e. The van der Waals surface area contributed by atoms with Crippen LogP contribution in [0.5, 0.6) is 0 Å². The van der Waals surface area contributed by atoms with E-state index in [1.807, 2.05) is 6.20 Å². The Balaban J connectivity index is 2.03. The molecule has 17 heavy (non-hydrogen) atoms. The molecule has 0 bridgehead atoms. The lowest BCUT2D eigenvalue weighted by Gasteiger charge is -2.22. The zero-order valence-electron chi connectivity index (χ0n) is 10.9. The molecule has 1 aromatic rings. The van der Waals surface area contributed by atoms with E-state index in [9.17, 15) is 0 Å². The largest absolute Gasteiger partial charge is 0.379 e. The monoisotopic (exact) mass is 237 g/mol. The first-order chi connectivity index (χ1) is 8.35. The lowest BCUT2D eigenvalue weighted by Crippen LogP contribution is -2.22. The number of aromatic nitrogens is 2.